The minimum Gasteiger partial charge on any atom is -0.461 e. The van der Waals surface area contributed by atoms with Gasteiger partial charge in [-0.05, 0) is 55.5 Å². The van der Waals surface area contributed by atoms with Crippen molar-refractivity contribution >= 4 is 44.5 Å². The molecule has 34 heavy (non-hydrogen) atoms. The quantitative estimate of drug-likeness (QED) is 0.310. The van der Waals surface area contributed by atoms with Crippen LogP contribution < -0.4 is 16.5 Å². The number of halogens is 2. The van der Waals surface area contributed by atoms with Gasteiger partial charge < -0.3 is 14.5 Å². The molecule has 2 aromatic carbocycles. The molecule has 2 aromatic heterocycles. The van der Waals surface area contributed by atoms with Crippen LogP contribution in [0.1, 0.15) is 27.8 Å². The number of anilines is 1. The molecule has 0 radical (unpaired) electrons. The van der Waals surface area contributed by atoms with E-state index in [0.717, 1.165) is 22.9 Å². The first-order valence-electron chi connectivity index (χ1n) is 9.89. The fraction of sp³-hybridized carbons (Fsp3) is 0.0870. The molecule has 0 aliphatic heterocycles. The second kappa shape index (κ2) is 9.40. The summed E-state index contributed by atoms with van der Waals surface area (Å²) in [6, 6.07) is 12.0. The zero-order chi connectivity index (χ0) is 24.4. The van der Waals surface area contributed by atoms with Crippen LogP contribution in [0, 0.1) is 5.82 Å². The third-order valence-corrected chi connectivity index (χ3v) is 5.15. The maximum atomic E-state index is 13.3. The van der Waals surface area contributed by atoms with Crippen LogP contribution in [0.15, 0.2) is 73.1 Å². The molecule has 0 fully saturated rings. The Kier molecular flexibility index (Phi) is 6.37. The highest BCUT2D eigenvalue weighted by atomic mass is 79.9. The number of amides is 1. The van der Waals surface area contributed by atoms with Gasteiger partial charge >= 0.3 is 11.6 Å². The van der Waals surface area contributed by atoms with E-state index in [0.29, 0.717) is 9.86 Å². The van der Waals surface area contributed by atoms with Gasteiger partial charge in [-0.3, -0.25) is 9.59 Å². The highest BCUT2D eigenvalue weighted by Gasteiger charge is 2.22. The van der Waals surface area contributed by atoms with Crippen molar-refractivity contribution in [3.05, 3.63) is 96.9 Å². The fourth-order valence-electron chi connectivity index (χ4n) is 3.11. The highest BCUT2D eigenvalue weighted by Crippen LogP contribution is 2.20. The molecular formula is C23H15BrFN3O6. The molecule has 4 rings (SSSR count). The lowest BCUT2D eigenvalue weighted by atomic mass is 10.1. The summed E-state index contributed by atoms with van der Waals surface area (Å²) in [6.45, 7) is 1.58. The third kappa shape index (κ3) is 4.64. The van der Waals surface area contributed by atoms with Gasteiger partial charge in [0.05, 0.1) is 18.0 Å². The molecule has 0 bridgehead atoms. The predicted molar refractivity (Wildman–Crippen MR) is 124 cm³/mol. The number of carbonyl (C=O) groups is 2. The van der Waals surface area contributed by atoms with E-state index in [1.165, 1.54) is 18.2 Å². The smallest absolute Gasteiger partial charge is 0.360 e. The van der Waals surface area contributed by atoms with Crippen LogP contribution in [0.3, 0.4) is 0 Å². The van der Waals surface area contributed by atoms with Gasteiger partial charge in [-0.1, -0.05) is 15.9 Å². The average molecular weight is 528 g/mol. The zero-order valence-corrected chi connectivity index (χ0v) is 19.1. The Morgan fingerprint density at radius 3 is 2.56 bits per heavy atom. The van der Waals surface area contributed by atoms with Crippen LogP contribution in [-0.4, -0.2) is 28.3 Å². The van der Waals surface area contributed by atoms with E-state index in [1.54, 1.807) is 25.1 Å². The van der Waals surface area contributed by atoms with Crippen molar-refractivity contribution in [1.29, 1.82) is 0 Å². The standard InChI is InChI=1S/C23H15BrFN3O6/c1-2-33-23(32)20-17(11-19(29)28(27-20)15-6-4-14(25)5-7-15)26-21(30)16-10-12-9-13(24)3-8-18(12)34-22(16)31/h3-11H,2H2,1H3,(H,26,30). The molecular weight excluding hydrogens is 513 g/mol. The van der Waals surface area contributed by atoms with Gasteiger partial charge in [0, 0.05) is 15.9 Å². The van der Waals surface area contributed by atoms with Crippen molar-refractivity contribution in [3.63, 3.8) is 0 Å². The number of fused-ring (bicyclic) bond motifs is 1. The van der Waals surface area contributed by atoms with Gasteiger partial charge in [-0.15, -0.1) is 0 Å². The Morgan fingerprint density at radius 1 is 1.12 bits per heavy atom. The molecule has 0 spiro atoms. The number of hydrogen-bond donors (Lipinski definition) is 1. The van der Waals surface area contributed by atoms with Gasteiger partial charge in [0.25, 0.3) is 11.5 Å². The van der Waals surface area contributed by atoms with Gasteiger partial charge in [-0.25, -0.2) is 14.0 Å². The average Bonchev–Trinajstić information content (AvgIpc) is 2.80. The first-order valence-corrected chi connectivity index (χ1v) is 10.7. The van der Waals surface area contributed by atoms with Crippen LogP contribution in [0.4, 0.5) is 10.1 Å². The topological polar surface area (TPSA) is 120 Å². The number of esters is 1. The van der Waals surface area contributed by atoms with Crippen molar-refractivity contribution in [2.24, 2.45) is 0 Å². The summed E-state index contributed by atoms with van der Waals surface area (Å²) in [7, 11) is 0. The van der Waals surface area contributed by atoms with Gasteiger partial charge in [0.1, 0.15) is 17.0 Å². The lowest BCUT2D eigenvalue weighted by Crippen LogP contribution is -2.28. The molecule has 1 amide bonds. The fourth-order valence-corrected chi connectivity index (χ4v) is 3.49. The maximum Gasteiger partial charge on any atom is 0.360 e. The largest absolute Gasteiger partial charge is 0.461 e. The number of aromatic nitrogens is 2. The second-order valence-corrected chi connectivity index (χ2v) is 7.85. The Bertz CT molecular complexity index is 1550. The van der Waals surface area contributed by atoms with Crippen molar-refractivity contribution in [2.45, 2.75) is 6.92 Å². The number of rotatable bonds is 5. The normalized spacial score (nSPS) is 10.8. The number of nitrogens with one attached hydrogen (secondary N) is 1. The van der Waals surface area contributed by atoms with E-state index in [2.05, 4.69) is 26.3 Å². The van der Waals surface area contributed by atoms with Gasteiger partial charge in [-0.2, -0.15) is 9.78 Å². The van der Waals surface area contributed by atoms with E-state index in [9.17, 15) is 23.6 Å². The molecule has 0 aliphatic rings. The lowest BCUT2D eigenvalue weighted by molar-refractivity contribution is 0.0518. The molecule has 0 saturated carbocycles. The van der Waals surface area contributed by atoms with Crippen LogP contribution in [-0.2, 0) is 4.74 Å². The van der Waals surface area contributed by atoms with E-state index in [1.807, 2.05) is 0 Å². The molecule has 172 valence electrons. The Morgan fingerprint density at radius 2 is 1.85 bits per heavy atom. The van der Waals surface area contributed by atoms with E-state index >= 15 is 0 Å². The molecule has 11 heteroatoms. The third-order valence-electron chi connectivity index (χ3n) is 4.66. The SMILES string of the molecule is CCOC(=O)c1nn(-c2ccc(F)cc2)c(=O)cc1NC(=O)c1cc2cc(Br)ccc2oc1=O. The first kappa shape index (κ1) is 23.1. The second-order valence-electron chi connectivity index (χ2n) is 6.94. The van der Waals surface area contributed by atoms with Crippen LogP contribution in [0.5, 0.6) is 0 Å². The minimum absolute atomic E-state index is 0.00666. The molecule has 2 heterocycles. The molecule has 0 saturated heterocycles. The number of ether oxygens (including phenoxy) is 1. The number of benzene rings is 2. The van der Waals surface area contributed by atoms with Crippen LogP contribution in [0.2, 0.25) is 0 Å². The zero-order valence-electron chi connectivity index (χ0n) is 17.5. The molecule has 4 aromatic rings. The molecule has 0 aliphatic carbocycles. The summed E-state index contributed by atoms with van der Waals surface area (Å²) in [5.41, 5.74) is -2.14. The Hall–Kier alpha value is -4.12. The van der Waals surface area contributed by atoms with Gasteiger partial charge in [0.15, 0.2) is 5.69 Å². The number of nitrogens with zero attached hydrogens (tertiary/aromatic N) is 2. The Balaban J connectivity index is 1.77. The number of hydrogen-bond acceptors (Lipinski definition) is 7. The molecule has 9 nitrogen and oxygen atoms in total. The summed E-state index contributed by atoms with van der Waals surface area (Å²) in [6.07, 6.45) is 0. The van der Waals surface area contributed by atoms with Crippen molar-refractivity contribution < 1.29 is 23.1 Å². The van der Waals surface area contributed by atoms with Crippen LogP contribution in [0.25, 0.3) is 16.7 Å². The summed E-state index contributed by atoms with van der Waals surface area (Å²) in [5, 5.41) is 6.85. The molecule has 1 N–H and O–H groups in total. The van der Waals surface area contributed by atoms with E-state index in [-0.39, 0.29) is 34.8 Å². The molecule has 0 atom stereocenters. The summed E-state index contributed by atoms with van der Waals surface area (Å²) in [4.78, 5) is 50.4. The highest BCUT2D eigenvalue weighted by molar-refractivity contribution is 9.10. The summed E-state index contributed by atoms with van der Waals surface area (Å²) < 4.78 is 25.0. The molecule has 0 unspecified atom stereocenters. The van der Waals surface area contributed by atoms with Gasteiger partial charge in [0.2, 0.25) is 0 Å². The van der Waals surface area contributed by atoms with E-state index < -0.39 is 28.9 Å². The monoisotopic (exact) mass is 527 g/mol. The van der Waals surface area contributed by atoms with Crippen molar-refractivity contribution in [2.75, 3.05) is 11.9 Å². The van der Waals surface area contributed by atoms with Crippen LogP contribution >= 0.6 is 15.9 Å². The van der Waals surface area contributed by atoms with Crippen molar-refractivity contribution in [1.82, 2.24) is 9.78 Å². The predicted octanol–water partition coefficient (Wildman–Crippen LogP) is 3.67. The summed E-state index contributed by atoms with van der Waals surface area (Å²) in [5.74, 6) is -2.35. The maximum absolute atomic E-state index is 13.3. The van der Waals surface area contributed by atoms with Crippen molar-refractivity contribution in [3.8, 4) is 5.69 Å². The Labute approximate surface area is 198 Å². The summed E-state index contributed by atoms with van der Waals surface area (Å²) >= 11 is 3.31. The van der Waals surface area contributed by atoms with E-state index in [4.69, 9.17) is 9.15 Å². The lowest BCUT2D eigenvalue weighted by Gasteiger charge is -2.12. The first-order chi connectivity index (χ1) is 16.3. The minimum atomic E-state index is -0.915. The number of carbonyl (C=O) groups excluding carboxylic acids is 2.